The van der Waals surface area contributed by atoms with Gasteiger partial charge in [0, 0.05) is 18.8 Å². The molecule has 2 aromatic heterocycles. The van der Waals surface area contributed by atoms with Crippen LogP contribution in [0.2, 0.25) is 5.02 Å². The molecule has 0 N–H and O–H groups in total. The molecule has 0 bridgehead atoms. The van der Waals surface area contributed by atoms with Gasteiger partial charge in [0.2, 0.25) is 0 Å². The van der Waals surface area contributed by atoms with Gasteiger partial charge in [-0.3, -0.25) is 19.3 Å². The van der Waals surface area contributed by atoms with Crippen LogP contribution in [0.15, 0.2) is 30.6 Å². The Morgan fingerprint density at radius 3 is 2.11 bits per heavy atom. The van der Waals surface area contributed by atoms with Gasteiger partial charge in [-0.15, -0.1) is 0 Å². The van der Waals surface area contributed by atoms with Crippen LogP contribution >= 0.6 is 11.6 Å². The molecule has 0 unspecified atom stereocenters. The summed E-state index contributed by atoms with van der Waals surface area (Å²) in [5, 5.41) is 16.2. The number of benzene rings is 1. The Hall–Kier alpha value is -5.46. The van der Waals surface area contributed by atoms with Crippen molar-refractivity contribution in [3.63, 3.8) is 0 Å². The van der Waals surface area contributed by atoms with Crippen molar-refractivity contribution in [1.82, 2.24) is 24.5 Å². The molecule has 14 nitrogen and oxygen atoms in total. The number of esters is 2. The van der Waals surface area contributed by atoms with Crippen LogP contribution in [0.5, 0.6) is 0 Å². The molecule has 57 heavy (non-hydrogen) atoms. The number of carbonyl (C=O) groups excluding carboxylic acids is 4. The van der Waals surface area contributed by atoms with Gasteiger partial charge < -0.3 is 18.9 Å². The van der Waals surface area contributed by atoms with Crippen molar-refractivity contribution in [1.29, 1.82) is 5.26 Å². The lowest BCUT2D eigenvalue weighted by Crippen LogP contribution is -2.43. The summed E-state index contributed by atoms with van der Waals surface area (Å²) in [4.78, 5) is 52.1. The lowest BCUT2D eigenvalue weighted by atomic mass is 10.0. The van der Waals surface area contributed by atoms with Crippen molar-refractivity contribution in [2.24, 2.45) is 12.5 Å². The highest BCUT2D eigenvalue weighted by Gasteiger charge is 2.64. The van der Waals surface area contributed by atoms with Crippen molar-refractivity contribution >= 4 is 35.6 Å². The Balaban J connectivity index is 1.29. The normalized spacial score (nSPS) is 15.9. The molecule has 0 atom stereocenters. The van der Waals surface area contributed by atoms with E-state index in [1.54, 1.807) is 20.8 Å². The van der Waals surface area contributed by atoms with E-state index in [2.05, 4.69) is 10.2 Å². The van der Waals surface area contributed by atoms with E-state index >= 15 is 0 Å². The monoisotopic (exact) mass is 838 g/mol. The number of rotatable bonds is 12. The van der Waals surface area contributed by atoms with Crippen molar-refractivity contribution in [3.8, 4) is 23.0 Å². The van der Waals surface area contributed by atoms with Crippen molar-refractivity contribution in [2.45, 2.75) is 75.9 Å². The minimum atomic E-state index is -6.41. The minimum absolute atomic E-state index is 0.0434. The number of alkyl halides is 8. The predicted octanol–water partition coefficient (Wildman–Crippen LogP) is 6.87. The zero-order chi connectivity index (χ0) is 42.5. The molecule has 2 aliphatic carbocycles. The van der Waals surface area contributed by atoms with Gasteiger partial charge in [-0.2, -0.15) is 50.6 Å². The number of hydrogen-bond donors (Lipinski definition) is 0. The fraction of sp³-hybridized carbons (Fsp3) is 0.500. The Morgan fingerprint density at radius 2 is 1.56 bits per heavy atom. The lowest BCUT2D eigenvalue weighted by molar-refractivity contribution is -0.292. The Bertz CT molecular complexity index is 2130. The van der Waals surface area contributed by atoms with Crippen LogP contribution in [0.3, 0.4) is 0 Å². The zero-order valence-corrected chi connectivity index (χ0v) is 30.9. The average molecular weight is 839 g/mol. The van der Waals surface area contributed by atoms with Gasteiger partial charge in [0.25, 0.3) is 5.91 Å². The summed E-state index contributed by atoms with van der Waals surface area (Å²) in [5.41, 5.74) is -9.01. The quantitative estimate of drug-likeness (QED) is 0.0466. The molecule has 23 heteroatoms. The highest BCUT2D eigenvalue weighted by Crippen LogP contribution is 2.50. The lowest BCUT2D eigenvalue weighted by Gasteiger charge is -2.27. The third-order valence-corrected chi connectivity index (χ3v) is 9.08. The summed E-state index contributed by atoms with van der Waals surface area (Å²) < 4.78 is 131. The summed E-state index contributed by atoms with van der Waals surface area (Å²) in [6, 6.07) is 5.59. The van der Waals surface area contributed by atoms with Crippen molar-refractivity contribution in [2.75, 3.05) is 19.9 Å². The van der Waals surface area contributed by atoms with E-state index in [0.29, 0.717) is 11.7 Å². The number of nitriles is 1. The number of nitrogens with zero attached hydrogens (tertiary/aromatic N) is 6. The molecule has 2 fully saturated rings. The van der Waals surface area contributed by atoms with Gasteiger partial charge in [0.15, 0.2) is 23.7 Å². The second-order valence-corrected chi connectivity index (χ2v) is 14.5. The van der Waals surface area contributed by atoms with Crippen LogP contribution in [-0.4, -0.2) is 85.7 Å². The molecule has 1 aromatic carbocycles. The van der Waals surface area contributed by atoms with E-state index in [1.165, 1.54) is 12.1 Å². The largest absolute Gasteiger partial charge is 0.510 e. The van der Waals surface area contributed by atoms with E-state index in [1.807, 2.05) is 6.07 Å². The van der Waals surface area contributed by atoms with Gasteiger partial charge >= 0.3 is 36.4 Å². The molecule has 308 valence electrons. The maximum atomic E-state index is 14.2. The molecular weight excluding hydrogens is 808 g/mol. The van der Waals surface area contributed by atoms with Crippen molar-refractivity contribution in [3.05, 3.63) is 52.4 Å². The van der Waals surface area contributed by atoms with E-state index in [4.69, 9.17) is 30.5 Å². The Labute approximate surface area is 322 Å². The number of halogens is 9. The second-order valence-electron chi connectivity index (χ2n) is 14.1. The van der Waals surface area contributed by atoms with E-state index in [-0.39, 0.29) is 52.1 Å². The molecule has 3 aromatic rings. The van der Waals surface area contributed by atoms with Crippen LogP contribution < -0.4 is 0 Å². The van der Waals surface area contributed by atoms with Gasteiger partial charge in [0.05, 0.1) is 22.9 Å². The fourth-order valence-corrected chi connectivity index (χ4v) is 5.68. The SMILES string of the molecule is Cn1nc(C(F)(F)C(F)(F)F)c(C(F)(F)F)c1-n1cc(-c2ccc(Cl)c(C(=O)N(COC(=O)OCCOC(=O)C3(C(=O)OC(C)(C)C)CC3)C3(C#N)CC3)c2)cn1. The summed E-state index contributed by atoms with van der Waals surface area (Å²) in [7, 11) is 0.711. The number of carbonyl (C=O) groups is 4. The van der Waals surface area contributed by atoms with E-state index < -0.39 is 95.9 Å². The summed E-state index contributed by atoms with van der Waals surface area (Å²) >= 11 is 6.32. The minimum Gasteiger partial charge on any atom is -0.461 e. The first kappa shape index (κ1) is 42.7. The number of hydrogen-bond acceptors (Lipinski definition) is 11. The smallest absolute Gasteiger partial charge is 0.461 e. The first-order chi connectivity index (χ1) is 26.3. The molecule has 0 radical (unpaired) electrons. The first-order valence-electron chi connectivity index (χ1n) is 16.7. The average Bonchev–Trinajstić information content (AvgIpc) is 4.00. The highest BCUT2D eigenvalue weighted by atomic mass is 35.5. The van der Waals surface area contributed by atoms with E-state index in [0.717, 1.165) is 23.4 Å². The topological polar surface area (TPSA) is 168 Å². The summed E-state index contributed by atoms with van der Waals surface area (Å²) in [6.07, 6.45) is -10.9. The Morgan fingerprint density at radius 1 is 0.930 bits per heavy atom. The number of ether oxygens (including phenoxy) is 4. The van der Waals surface area contributed by atoms with Crippen molar-refractivity contribution < 1.29 is 73.2 Å². The van der Waals surface area contributed by atoms with Crippen LogP contribution in [-0.2, 0) is 47.7 Å². The number of aromatic nitrogens is 4. The molecular formula is C34H31ClF8N6O8. The van der Waals surface area contributed by atoms with Gasteiger partial charge in [0.1, 0.15) is 29.9 Å². The Kier molecular flexibility index (Phi) is 11.1. The van der Waals surface area contributed by atoms with Crippen LogP contribution in [0.1, 0.15) is 68.1 Å². The molecule has 5 rings (SSSR count). The fourth-order valence-electron chi connectivity index (χ4n) is 5.48. The number of aryl methyl sites for hydroxylation is 1. The molecule has 0 saturated heterocycles. The molecule has 2 saturated carbocycles. The van der Waals surface area contributed by atoms with Crippen LogP contribution in [0, 0.1) is 16.7 Å². The second kappa shape index (κ2) is 14.8. The molecule has 2 heterocycles. The maximum absolute atomic E-state index is 14.2. The van der Waals surface area contributed by atoms with E-state index in [9.17, 15) is 59.6 Å². The number of amides is 1. The highest BCUT2D eigenvalue weighted by molar-refractivity contribution is 6.34. The third kappa shape index (κ3) is 8.62. The summed E-state index contributed by atoms with van der Waals surface area (Å²) in [6.45, 7) is 3.11. The van der Waals surface area contributed by atoms with Gasteiger partial charge in [-0.1, -0.05) is 17.7 Å². The van der Waals surface area contributed by atoms with Crippen LogP contribution in [0.4, 0.5) is 39.9 Å². The predicted molar refractivity (Wildman–Crippen MR) is 175 cm³/mol. The molecule has 1 amide bonds. The third-order valence-electron chi connectivity index (χ3n) is 8.76. The standard InChI is InChI=1S/C34H31ClF8N6O8/c1-29(2,3)57-27(52)31(9-10-31)26(51)54-11-12-55-28(53)56-17-48(30(16-44)7-8-30)25(50)20-13-18(5-6-21(20)35)19-14-45-49(15-19)24-22(33(38,39)40)23(46-47(24)4)32(36,37)34(41,42)43/h5-6,13-15H,7-12,17H2,1-4H3. The maximum Gasteiger partial charge on any atom is 0.510 e. The molecule has 2 aliphatic rings. The molecule has 0 aliphatic heterocycles. The van der Waals surface area contributed by atoms with Gasteiger partial charge in [-0.05, 0) is 64.2 Å². The molecule has 0 spiro atoms. The zero-order valence-electron chi connectivity index (χ0n) is 30.2. The van der Waals surface area contributed by atoms with Gasteiger partial charge in [-0.25, -0.2) is 14.2 Å². The first-order valence-corrected chi connectivity index (χ1v) is 17.0. The van der Waals surface area contributed by atoms with Crippen LogP contribution in [0.25, 0.3) is 16.9 Å². The summed E-state index contributed by atoms with van der Waals surface area (Å²) in [5.74, 6) is -9.80.